The first-order chi connectivity index (χ1) is 15.5. The molecule has 1 atom stereocenters. The summed E-state index contributed by atoms with van der Waals surface area (Å²) < 4.78 is 28.1. The van der Waals surface area contributed by atoms with Crippen LogP contribution in [0, 0.1) is 11.6 Å². The summed E-state index contributed by atoms with van der Waals surface area (Å²) in [4.78, 5) is 15.7. The Morgan fingerprint density at radius 2 is 1.91 bits per heavy atom. The first-order valence-corrected chi connectivity index (χ1v) is 10.5. The molecule has 5 rings (SSSR count). The van der Waals surface area contributed by atoms with Crippen molar-refractivity contribution in [3.05, 3.63) is 66.5 Å². The van der Waals surface area contributed by atoms with Gasteiger partial charge in [0, 0.05) is 42.0 Å². The molecule has 0 bridgehead atoms. The Bertz CT molecular complexity index is 1310. The van der Waals surface area contributed by atoms with Gasteiger partial charge in [-0.3, -0.25) is 9.97 Å². The van der Waals surface area contributed by atoms with E-state index in [4.69, 9.17) is 11.5 Å². The maximum atomic E-state index is 14.3. The number of halogens is 2. The Balaban J connectivity index is 1.62. The molecule has 4 N–H and O–H groups in total. The van der Waals surface area contributed by atoms with Gasteiger partial charge in [0.2, 0.25) is 0 Å². The van der Waals surface area contributed by atoms with Gasteiger partial charge in [-0.05, 0) is 49.2 Å². The van der Waals surface area contributed by atoms with Crippen molar-refractivity contribution in [2.24, 2.45) is 5.73 Å². The molecule has 0 aliphatic carbocycles. The molecule has 1 aliphatic heterocycles. The fourth-order valence-electron chi connectivity index (χ4n) is 4.19. The van der Waals surface area contributed by atoms with Crippen molar-refractivity contribution < 1.29 is 8.78 Å². The molecule has 6 nitrogen and oxygen atoms in total. The van der Waals surface area contributed by atoms with Crippen LogP contribution in [-0.2, 0) is 0 Å². The van der Waals surface area contributed by atoms with Crippen molar-refractivity contribution in [1.82, 2.24) is 15.0 Å². The van der Waals surface area contributed by atoms with Gasteiger partial charge in [0.15, 0.2) is 11.6 Å². The number of anilines is 2. The van der Waals surface area contributed by atoms with Gasteiger partial charge in [-0.2, -0.15) is 0 Å². The summed E-state index contributed by atoms with van der Waals surface area (Å²) in [5, 5.41) is 0.912. The minimum atomic E-state index is -0.949. The molecule has 162 valence electrons. The van der Waals surface area contributed by atoms with E-state index in [1.54, 1.807) is 24.5 Å². The average molecular weight is 432 g/mol. The summed E-state index contributed by atoms with van der Waals surface area (Å²) in [6.45, 7) is 1.69. The number of nitrogens with two attached hydrogens (primary N) is 2. The van der Waals surface area contributed by atoms with Crippen LogP contribution in [-0.4, -0.2) is 34.1 Å². The molecule has 0 saturated carbocycles. The van der Waals surface area contributed by atoms with Crippen LogP contribution in [0.4, 0.5) is 20.2 Å². The van der Waals surface area contributed by atoms with Gasteiger partial charge in [0.05, 0.1) is 28.8 Å². The van der Waals surface area contributed by atoms with E-state index in [1.807, 2.05) is 12.1 Å². The second kappa shape index (κ2) is 8.12. The predicted octanol–water partition coefficient (Wildman–Crippen LogP) is 4.15. The molecule has 1 unspecified atom stereocenters. The Morgan fingerprint density at radius 3 is 2.75 bits per heavy atom. The Morgan fingerprint density at radius 1 is 1.03 bits per heavy atom. The molecule has 32 heavy (non-hydrogen) atoms. The molecule has 0 amide bonds. The van der Waals surface area contributed by atoms with Gasteiger partial charge in [0.25, 0.3) is 0 Å². The van der Waals surface area contributed by atoms with Crippen molar-refractivity contribution in [2.75, 3.05) is 23.7 Å². The topological polar surface area (TPSA) is 94.0 Å². The van der Waals surface area contributed by atoms with Gasteiger partial charge in [-0.15, -0.1) is 0 Å². The SMILES string of the molecule is Nc1ccc(-c2cccc(F)c2F)nc1-c1cc2c(N3CCCC(N)C3)ccnc2cn1. The largest absolute Gasteiger partial charge is 0.397 e. The molecule has 4 heterocycles. The number of piperidine rings is 1. The van der Waals surface area contributed by atoms with Crippen molar-refractivity contribution in [3.8, 4) is 22.6 Å². The molecule has 4 aromatic rings. The van der Waals surface area contributed by atoms with E-state index >= 15 is 0 Å². The monoisotopic (exact) mass is 432 g/mol. The molecular weight excluding hydrogens is 410 g/mol. The molecular formula is C24H22F2N6. The van der Waals surface area contributed by atoms with Crippen molar-refractivity contribution >= 4 is 22.3 Å². The number of nitrogens with zero attached hydrogens (tertiary/aromatic N) is 4. The Kier molecular flexibility index (Phi) is 5.14. The van der Waals surface area contributed by atoms with Crippen LogP contribution in [0.5, 0.6) is 0 Å². The fraction of sp³-hybridized carbons (Fsp3) is 0.208. The normalized spacial score (nSPS) is 16.5. The second-order valence-electron chi connectivity index (χ2n) is 8.00. The van der Waals surface area contributed by atoms with Gasteiger partial charge in [0.1, 0.15) is 5.69 Å². The molecule has 1 aliphatic rings. The number of hydrogen-bond donors (Lipinski definition) is 2. The smallest absolute Gasteiger partial charge is 0.168 e. The van der Waals surface area contributed by atoms with E-state index in [9.17, 15) is 8.78 Å². The minimum Gasteiger partial charge on any atom is -0.397 e. The summed E-state index contributed by atoms with van der Waals surface area (Å²) in [5.74, 6) is -1.88. The van der Waals surface area contributed by atoms with E-state index in [-0.39, 0.29) is 17.3 Å². The number of nitrogen functional groups attached to an aromatic ring is 1. The molecule has 1 saturated heterocycles. The van der Waals surface area contributed by atoms with Gasteiger partial charge in [-0.25, -0.2) is 13.8 Å². The van der Waals surface area contributed by atoms with Crippen LogP contribution in [0.3, 0.4) is 0 Å². The first-order valence-electron chi connectivity index (χ1n) is 10.5. The molecule has 0 spiro atoms. The third-order valence-electron chi connectivity index (χ3n) is 5.80. The maximum Gasteiger partial charge on any atom is 0.168 e. The van der Waals surface area contributed by atoms with E-state index in [0.29, 0.717) is 17.1 Å². The third kappa shape index (κ3) is 3.62. The van der Waals surface area contributed by atoms with Crippen LogP contribution in [0.15, 0.2) is 54.9 Å². The average Bonchev–Trinajstić information content (AvgIpc) is 2.80. The van der Waals surface area contributed by atoms with Crippen LogP contribution in [0.1, 0.15) is 12.8 Å². The van der Waals surface area contributed by atoms with Crippen LogP contribution in [0.2, 0.25) is 0 Å². The van der Waals surface area contributed by atoms with Crippen molar-refractivity contribution in [2.45, 2.75) is 18.9 Å². The highest BCUT2D eigenvalue weighted by Gasteiger charge is 2.20. The van der Waals surface area contributed by atoms with Crippen molar-refractivity contribution in [1.29, 1.82) is 0 Å². The quantitative estimate of drug-likeness (QED) is 0.505. The van der Waals surface area contributed by atoms with Crippen LogP contribution < -0.4 is 16.4 Å². The number of pyridine rings is 3. The number of hydrogen-bond acceptors (Lipinski definition) is 6. The summed E-state index contributed by atoms with van der Waals surface area (Å²) in [7, 11) is 0. The summed E-state index contributed by atoms with van der Waals surface area (Å²) in [6.07, 6.45) is 5.47. The zero-order valence-corrected chi connectivity index (χ0v) is 17.3. The molecule has 8 heteroatoms. The molecule has 0 radical (unpaired) electrons. The lowest BCUT2D eigenvalue weighted by Crippen LogP contribution is -2.42. The number of benzene rings is 1. The summed E-state index contributed by atoms with van der Waals surface area (Å²) in [5.41, 5.74) is 15.8. The second-order valence-corrected chi connectivity index (χ2v) is 8.00. The number of rotatable bonds is 3. The zero-order chi connectivity index (χ0) is 22.2. The molecule has 1 aromatic carbocycles. The van der Waals surface area contributed by atoms with E-state index < -0.39 is 11.6 Å². The van der Waals surface area contributed by atoms with E-state index in [0.717, 1.165) is 48.6 Å². The number of fused-ring (bicyclic) bond motifs is 1. The standard InChI is InChI=1S/C24H22F2N6/c25-17-5-1-4-15(23(17)26)19-7-6-18(28)24(31-19)20-11-16-21(12-30-20)29-9-8-22(16)32-10-2-3-14(27)13-32/h1,4-9,11-12,14H,2-3,10,13,27-28H2. The van der Waals surface area contributed by atoms with Crippen molar-refractivity contribution in [3.63, 3.8) is 0 Å². The van der Waals surface area contributed by atoms with Gasteiger partial charge in [-0.1, -0.05) is 6.07 Å². The Hall–Kier alpha value is -3.65. The van der Waals surface area contributed by atoms with Crippen LogP contribution in [0.25, 0.3) is 33.5 Å². The summed E-state index contributed by atoms with van der Waals surface area (Å²) in [6, 6.07) is 11.2. The zero-order valence-electron chi connectivity index (χ0n) is 17.3. The highest BCUT2D eigenvalue weighted by Crippen LogP contribution is 2.33. The highest BCUT2D eigenvalue weighted by atomic mass is 19.2. The third-order valence-corrected chi connectivity index (χ3v) is 5.80. The lowest BCUT2D eigenvalue weighted by molar-refractivity contribution is 0.507. The first kappa shape index (κ1) is 20.3. The van der Waals surface area contributed by atoms with Gasteiger partial charge < -0.3 is 16.4 Å². The molecule has 1 fully saturated rings. The van der Waals surface area contributed by atoms with E-state index in [2.05, 4.69) is 19.9 Å². The molecule has 3 aromatic heterocycles. The summed E-state index contributed by atoms with van der Waals surface area (Å²) >= 11 is 0. The lowest BCUT2D eigenvalue weighted by Gasteiger charge is -2.33. The maximum absolute atomic E-state index is 14.3. The fourth-order valence-corrected chi connectivity index (χ4v) is 4.19. The Labute approximate surface area is 183 Å². The highest BCUT2D eigenvalue weighted by molar-refractivity contribution is 5.94. The minimum absolute atomic E-state index is 0.0664. The predicted molar refractivity (Wildman–Crippen MR) is 122 cm³/mol. The number of aromatic nitrogens is 3. The van der Waals surface area contributed by atoms with Gasteiger partial charge >= 0.3 is 0 Å². The van der Waals surface area contributed by atoms with Crippen LogP contribution >= 0.6 is 0 Å². The lowest BCUT2D eigenvalue weighted by atomic mass is 10.0. The van der Waals surface area contributed by atoms with E-state index in [1.165, 1.54) is 12.1 Å².